The molecule has 1 N–H and O–H groups in total. The zero-order valence-electron chi connectivity index (χ0n) is 13.1. The van der Waals surface area contributed by atoms with Gasteiger partial charge >= 0.3 is 6.18 Å². The Labute approximate surface area is 146 Å². The Morgan fingerprint density at radius 3 is 2.60 bits per heavy atom. The number of aromatic nitrogens is 2. The van der Waals surface area contributed by atoms with E-state index in [2.05, 4.69) is 10.3 Å². The molecule has 0 bridgehead atoms. The maximum absolute atomic E-state index is 13.0. The molecule has 4 nitrogen and oxygen atoms in total. The minimum Gasteiger partial charge on any atom is -0.347 e. The molecule has 0 aliphatic heterocycles. The summed E-state index contributed by atoms with van der Waals surface area (Å²) in [5.74, 6) is -0.524. The van der Waals surface area contributed by atoms with Gasteiger partial charge < -0.3 is 5.32 Å². The summed E-state index contributed by atoms with van der Waals surface area (Å²) < 4.78 is 40.1. The van der Waals surface area contributed by atoms with Gasteiger partial charge in [0.15, 0.2) is 5.65 Å². The van der Waals surface area contributed by atoms with Crippen molar-refractivity contribution in [1.29, 1.82) is 0 Å². The highest BCUT2D eigenvalue weighted by Gasteiger charge is 2.32. The molecule has 2 heterocycles. The van der Waals surface area contributed by atoms with Crippen LogP contribution in [-0.4, -0.2) is 15.3 Å². The molecule has 3 rings (SSSR count). The Morgan fingerprint density at radius 2 is 1.96 bits per heavy atom. The third-order valence-corrected chi connectivity index (χ3v) is 3.97. The summed E-state index contributed by atoms with van der Waals surface area (Å²) in [6.45, 7) is 1.80. The average Bonchev–Trinajstić information content (AvgIpc) is 2.89. The quantitative estimate of drug-likeness (QED) is 0.752. The summed E-state index contributed by atoms with van der Waals surface area (Å²) in [6, 6.07) is 9.97. The number of halogens is 4. The van der Waals surface area contributed by atoms with Gasteiger partial charge in [0, 0.05) is 12.7 Å². The molecular weight excluding hydrogens is 355 g/mol. The van der Waals surface area contributed by atoms with E-state index < -0.39 is 17.6 Å². The highest BCUT2D eigenvalue weighted by atomic mass is 35.5. The fourth-order valence-electron chi connectivity index (χ4n) is 2.51. The second-order valence-corrected chi connectivity index (χ2v) is 5.89. The van der Waals surface area contributed by atoms with E-state index in [-0.39, 0.29) is 22.9 Å². The Kier molecular flexibility index (Phi) is 4.43. The van der Waals surface area contributed by atoms with E-state index >= 15 is 0 Å². The molecule has 1 aromatic carbocycles. The van der Waals surface area contributed by atoms with Gasteiger partial charge in [-0.1, -0.05) is 41.9 Å². The van der Waals surface area contributed by atoms with E-state index in [1.54, 1.807) is 6.92 Å². The van der Waals surface area contributed by atoms with Gasteiger partial charge in [0.1, 0.15) is 5.69 Å². The molecule has 8 heteroatoms. The number of rotatable bonds is 3. The van der Waals surface area contributed by atoms with Crippen molar-refractivity contribution < 1.29 is 18.0 Å². The summed E-state index contributed by atoms with van der Waals surface area (Å²) in [6.07, 6.45) is -3.74. The second-order valence-electron chi connectivity index (χ2n) is 5.48. The number of carbonyl (C=O) groups is 1. The molecular formula is C17H13ClF3N3O. The molecule has 0 atom stereocenters. The molecule has 0 spiro atoms. The van der Waals surface area contributed by atoms with E-state index in [9.17, 15) is 18.0 Å². The van der Waals surface area contributed by atoms with Crippen LogP contribution in [0, 0.1) is 6.92 Å². The van der Waals surface area contributed by atoms with Crippen LogP contribution in [-0.2, 0) is 12.7 Å². The van der Waals surface area contributed by atoms with Crippen molar-refractivity contribution in [2.75, 3.05) is 0 Å². The molecule has 0 aliphatic rings. The molecule has 0 unspecified atom stereocenters. The van der Waals surface area contributed by atoms with Crippen molar-refractivity contribution in [1.82, 2.24) is 14.7 Å². The molecule has 130 valence electrons. The van der Waals surface area contributed by atoms with Gasteiger partial charge in [-0.05, 0) is 18.6 Å². The molecule has 0 saturated carbocycles. The number of fused-ring (bicyclic) bond motifs is 1. The van der Waals surface area contributed by atoms with Gasteiger partial charge in [-0.25, -0.2) is 4.98 Å². The predicted molar refractivity (Wildman–Crippen MR) is 87.6 cm³/mol. The largest absolute Gasteiger partial charge is 0.417 e. The van der Waals surface area contributed by atoms with Crippen LogP contribution in [0.5, 0.6) is 0 Å². The monoisotopic (exact) mass is 367 g/mol. The normalized spacial score (nSPS) is 11.7. The minimum atomic E-state index is -4.58. The number of carbonyl (C=O) groups excluding carboxylic acids is 1. The topological polar surface area (TPSA) is 46.4 Å². The number of hydrogen-bond acceptors (Lipinski definition) is 2. The van der Waals surface area contributed by atoms with Crippen molar-refractivity contribution in [3.05, 3.63) is 70.1 Å². The number of nitrogens with zero attached hydrogens (tertiary/aromatic N) is 2. The fraction of sp³-hybridized carbons (Fsp3) is 0.176. The Morgan fingerprint density at radius 1 is 1.28 bits per heavy atom. The first-order valence-electron chi connectivity index (χ1n) is 7.35. The lowest BCUT2D eigenvalue weighted by Gasteiger charge is -2.10. The van der Waals surface area contributed by atoms with Crippen molar-refractivity contribution in [2.24, 2.45) is 0 Å². The third kappa shape index (κ3) is 3.46. The number of hydrogen-bond donors (Lipinski definition) is 1. The number of aryl methyl sites for hydroxylation is 1. The molecule has 2 aromatic heterocycles. The second kappa shape index (κ2) is 6.40. The van der Waals surface area contributed by atoms with Crippen LogP contribution in [0.1, 0.15) is 27.3 Å². The number of imidazole rings is 1. The van der Waals surface area contributed by atoms with Crippen LogP contribution in [0.4, 0.5) is 13.2 Å². The van der Waals surface area contributed by atoms with E-state index in [0.29, 0.717) is 5.69 Å². The summed E-state index contributed by atoms with van der Waals surface area (Å²) in [5.41, 5.74) is 0.360. The first-order valence-corrected chi connectivity index (χ1v) is 7.72. The Balaban J connectivity index is 1.98. The van der Waals surface area contributed by atoms with Gasteiger partial charge in [0.25, 0.3) is 5.91 Å². The van der Waals surface area contributed by atoms with Gasteiger partial charge in [0.2, 0.25) is 0 Å². The SMILES string of the molecule is Cc1nc2c(Cl)cc(C(F)(F)F)cn2c1C(=O)NCc1ccccc1. The van der Waals surface area contributed by atoms with Crippen LogP contribution in [0.3, 0.4) is 0 Å². The number of pyridine rings is 1. The smallest absolute Gasteiger partial charge is 0.347 e. The minimum absolute atomic E-state index is 0.0268. The first kappa shape index (κ1) is 17.3. The molecule has 0 saturated heterocycles. The van der Waals surface area contributed by atoms with Crippen LogP contribution >= 0.6 is 11.6 Å². The maximum atomic E-state index is 13.0. The van der Waals surface area contributed by atoms with Crippen LogP contribution in [0.2, 0.25) is 5.02 Å². The van der Waals surface area contributed by atoms with Crippen LogP contribution in [0.25, 0.3) is 5.65 Å². The van der Waals surface area contributed by atoms with Gasteiger partial charge in [-0.15, -0.1) is 0 Å². The predicted octanol–water partition coefficient (Wildman–Crippen LogP) is 4.24. The zero-order valence-corrected chi connectivity index (χ0v) is 13.8. The Hall–Kier alpha value is -2.54. The lowest BCUT2D eigenvalue weighted by Crippen LogP contribution is -2.25. The van der Waals surface area contributed by atoms with Crippen molar-refractivity contribution >= 4 is 23.2 Å². The first-order chi connectivity index (χ1) is 11.8. The molecule has 25 heavy (non-hydrogen) atoms. The lowest BCUT2D eigenvalue weighted by atomic mass is 10.2. The molecule has 0 radical (unpaired) electrons. The Bertz CT molecular complexity index is 936. The summed E-state index contributed by atoms with van der Waals surface area (Å²) in [7, 11) is 0. The number of benzene rings is 1. The van der Waals surface area contributed by atoms with Crippen LogP contribution < -0.4 is 5.32 Å². The maximum Gasteiger partial charge on any atom is 0.417 e. The van der Waals surface area contributed by atoms with E-state index in [1.807, 2.05) is 30.3 Å². The molecule has 0 fully saturated rings. The van der Waals surface area contributed by atoms with E-state index in [0.717, 1.165) is 22.2 Å². The standard InChI is InChI=1S/C17H13ClF3N3O/c1-10-14(16(25)22-8-11-5-3-2-4-6-11)24-9-12(17(19,20)21)7-13(18)15(24)23-10/h2-7,9H,8H2,1H3,(H,22,25). The summed E-state index contributed by atoms with van der Waals surface area (Å²) in [5, 5.41) is 2.52. The number of nitrogens with one attached hydrogen (secondary N) is 1. The molecule has 3 aromatic rings. The van der Waals surface area contributed by atoms with Gasteiger partial charge in [-0.3, -0.25) is 9.20 Å². The van der Waals surface area contributed by atoms with Crippen molar-refractivity contribution in [3.63, 3.8) is 0 Å². The summed E-state index contributed by atoms with van der Waals surface area (Å²) in [4.78, 5) is 16.6. The summed E-state index contributed by atoms with van der Waals surface area (Å²) >= 11 is 5.92. The zero-order chi connectivity index (χ0) is 18.2. The highest BCUT2D eigenvalue weighted by molar-refractivity contribution is 6.33. The van der Waals surface area contributed by atoms with Gasteiger partial charge in [0.05, 0.1) is 16.3 Å². The van der Waals surface area contributed by atoms with Crippen molar-refractivity contribution in [2.45, 2.75) is 19.6 Å². The molecule has 0 aliphatic carbocycles. The lowest BCUT2D eigenvalue weighted by molar-refractivity contribution is -0.137. The average molecular weight is 368 g/mol. The molecule has 1 amide bonds. The van der Waals surface area contributed by atoms with Crippen molar-refractivity contribution in [3.8, 4) is 0 Å². The number of alkyl halides is 3. The highest BCUT2D eigenvalue weighted by Crippen LogP contribution is 2.33. The van der Waals surface area contributed by atoms with Crippen LogP contribution in [0.15, 0.2) is 42.6 Å². The fourth-order valence-corrected chi connectivity index (χ4v) is 2.76. The number of amides is 1. The van der Waals surface area contributed by atoms with Gasteiger partial charge in [-0.2, -0.15) is 13.2 Å². The van der Waals surface area contributed by atoms with E-state index in [4.69, 9.17) is 11.6 Å². The third-order valence-electron chi connectivity index (χ3n) is 3.69. The van der Waals surface area contributed by atoms with E-state index in [1.165, 1.54) is 0 Å².